The summed E-state index contributed by atoms with van der Waals surface area (Å²) in [7, 11) is 0. The maximum Gasteiger partial charge on any atom is 0.335 e. The Morgan fingerprint density at radius 1 is 0.970 bits per heavy atom. The van der Waals surface area contributed by atoms with Crippen molar-refractivity contribution in [1.29, 1.82) is 0 Å². The average molecular weight is 442 g/mol. The summed E-state index contributed by atoms with van der Waals surface area (Å²) in [6.45, 7) is 1.90. The van der Waals surface area contributed by atoms with E-state index in [0.717, 1.165) is 0 Å². The fourth-order valence-electron chi connectivity index (χ4n) is 4.02. The van der Waals surface area contributed by atoms with Gasteiger partial charge in [0.05, 0.1) is 17.6 Å². The molecule has 0 aliphatic carbocycles. The van der Waals surface area contributed by atoms with Crippen molar-refractivity contribution in [2.75, 3.05) is 6.61 Å². The smallest absolute Gasteiger partial charge is 0.335 e. The Morgan fingerprint density at radius 3 is 2.15 bits per heavy atom. The van der Waals surface area contributed by atoms with E-state index >= 15 is 0 Å². The van der Waals surface area contributed by atoms with Crippen molar-refractivity contribution in [1.82, 2.24) is 5.32 Å². The molecule has 0 fully saturated rings. The molecule has 7 nitrogen and oxygen atoms in total. The van der Waals surface area contributed by atoms with E-state index < -0.39 is 22.5 Å². The number of rotatable bonds is 7. The fourth-order valence-corrected chi connectivity index (χ4v) is 4.02. The van der Waals surface area contributed by atoms with E-state index in [4.69, 9.17) is 4.74 Å². The lowest BCUT2D eigenvalue weighted by Gasteiger charge is -2.28. The van der Waals surface area contributed by atoms with Gasteiger partial charge in [0, 0.05) is 23.3 Å². The highest BCUT2D eigenvalue weighted by molar-refractivity contribution is 6.11. The number of nitrogens with one attached hydrogen (secondary N) is 1. The van der Waals surface area contributed by atoms with E-state index in [9.17, 15) is 19.7 Å². The molecule has 1 N–H and O–H groups in total. The Bertz CT molecular complexity index is 1210. The molecule has 1 aliphatic rings. The molecule has 0 spiro atoms. The van der Waals surface area contributed by atoms with E-state index in [1.165, 1.54) is 12.1 Å². The molecular weight excluding hydrogens is 420 g/mol. The van der Waals surface area contributed by atoms with Gasteiger partial charge < -0.3 is 4.74 Å². The second kappa shape index (κ2) is 9.18. The highest BCUT2D eigenvalue weighted by Gasteiger charge is 2.49. The number of benzene rings is 3. The summed E-state index contributed by atoms with van der Waals surface area (Å²) < 4.78 is 5.41. The van der Waals surface area contributed by atoms with Crippen molar-refractivity contribution in [3.05, 3.63) is 123 Å². The number of Topliss-reactive ketones (excluding diaryl/α,β-unsaturated/α-hetero) is 1. The molecule has 3 aromatic rings. The van der Waals surface area contributed by atoms with Gasteiger partial charge in [0.25, 0.3) is 5.69 Å². The SMILES string of the molecule is CCOC(=O)[C@]1(c2ccccc2)C=C(C(=O)c2ccccc2)[C@H](c2ccc([N+](=O)[O-])cc2)N1. The predicted molar refractivity (Wildman–Crippen MR) is 123 cm³/mol. The maximum atomic E-state index is 13.5. The van der Waals surface area contributed by atoms with Gasteiger partial charge >= 0.3 is 5.97 Å². The molecule has 0 radical (unpaired) electrons. The van der Waals surface area contributed by atoms with Crippen molar-refractivity contribution < 1.29 is 19.2 Å². The van der Waals surface area contributed by atoms with Crippen LogP contribution in [0.25, 0.3) is 0 Å². The molecule has 1 heterocycles. The quantitative estimate of drug-likeness (QED) is 0.250. The number of non-ortho nitro benzene ring substituents is 1. The van der Waals surface area contributed by atoms with Crippen LogP contribution < -0.4 is 5.32 Å². The number of esters is 1. The molecule has 4 rings (SSSR count). The Hall–Kier alpha value is -4.10. The third-order valence-electron chi connectivity index (χ3n) is 5.62. The number of nitro benzene ring substituents is 1. The van der Waals surface area contributed by atoms with Crippen molar-refractivity contribution in [2.45, 2.75) is 18.5 Å². The first kappa shape index (κ1) is 22.1. The zero-order valence-electron chi connectivity index (χ0n) is 17.9. The zero-order valence-corrected chi connectivity index (χ0v) is 17.9. The molecule has 33 heavy (non-hydrogen) atoms. The molecule has 0 bridgehead atoms. The zero-order chi connectivity index (χ0) is 23.4. The van der Waals surface area contributed by atoms with Crippen molar-refractivity contribution in [2.24, 2.45) is 0 Å². The lowest BCUT2D eigenvalue weighted by Crippen LogP contribution is -2.46. The first-order chi connectivity index (χ1) is 16.0. The van der Waals surface area contributed by atoms with E-state index in [-0.39, 0.29) is 18.1 Å². The summed E-state index contributed by atoms with van der Waals surface area (Å²) in [5, 5.41) is 14.4. The van der Waals surface area contributed by atoms with E-state index in [0.29, 0.717) is 22.3 Å². The molecule has 0 saturated heterocycles. The van der Waals surface area contributed by atoms with Crippen LogP contribution in [-0.2, 0) is 15.1 Å². The number of ketones is 1. The van der Waals surface area contributed by atoms with Crippen LogP contribution in [0.4, 0.5) is 5.69 Å². The number of carbonyl (C=O) groups is 2. The summed E-state index contributed by atoms with van der Waals surface area (Å²) >= 11 is 0. The molecule has 1 aliphatic heterocycles. The average Bonchev–Trinajstić information content (AvgIpc) is 3.27. The number of nitrogens with zero attached hydrogens (tertiary/aromatic N) is 1. The van der Waals surface area contributed by atoms with Gasteiger partial charge in [-0.05, 0) is 24.1 Å². The van der Waals surface area contributed by atoms with Crippen molar-refractivity contribution in [3.8, 4) is 0 Å². The first-order valence-corrected chi connectivity index (χ1v) is 10.5. The Kier molecular flexibility index (Phi) is 6.15. The van der Waals surface area contributed by atoms with Crippen molar-refractivity contribution in [3.63, 3.8) is 0 Å². The molecule has 3 aromatic carbocycles. The van der Waals surface area contributed by atoms with Gasteiger partial charge in [-0.2, -0.15) is 0 Å². The highest BCUT2D eigenvalue weighted by Crippen LogP contribution is 2.41. The first-order valence-electron chi connectivity index (χ1n) is 10.5. The highest BCUT2D eigenvalue weighted by atomic mass is 16.6. The molecule has 0 unspecified atom stereocenters. The number of hydrogen-bond donors (Lipinski definition) is 1. The van der Waals surface area contributed by atoms with Gasteiger partial charge in [-0.3, -0.25) is 20.2 Å². The summed E-state index contributed by atoms with van der Waals surface area (Å²) in [6, 6.07) is 23.1. The van der Waals surface area contributed by atoms with Gasteiger partial charge in [-0.1, -0.05) is 72.8 Å². The molecule has 0 amide bonds. The maximum absolute atomic E-state index is 13.5. The molecular formula is C26H22N2O5. The van der Waals surface area contributed by atoms with Gasteiger partial charge in [-0.15, -0.1) is 0 Å². The topological polar surface area (TPSA) is 98.5 Å². The fraction of sp³-hybridized carbons (Fsp3) is 0.154. The van der Waals surface area contributed by atoms with Gasteiger partial charge in [0.15, 0.2) is 11.3 Å². The Labute approximate surface area is 190 Å². The number of nitro groups is 1. The molecule has 0 saturated carbocycles. The van der Waals surface area contributed by atoms with Gasteiger partial charge in [-0.25, -0.2) is 4.79 Å². The summed E-state index contributed by atoms with van der Waals surface area (Å²) in [5.41, 5.74) is 0.654. The lowest BCUT2D eigenvalue weighted by molar-refractivity contribution is -0.384. The minimum atomic E-state index is -1.39. The minimum absolute atomic E-state index is 0.0589. The van der Waals surface area contributed by atoms with Crippen LogP contribution >= 0.6 is 0 Å². The van der Waals surface area contributed by atoms with Crippen LogP contribution in [-0.4, -0.2) is 23.3 Å². The number of ether oxygens (including phenoxy) is 1. The summed E-state index contributed by atoms with van der Waals surface area (Å²) in [5.74, 6) is -0.771. The van der Waals surface area contributed by atoms with Crippen LogP contribution in [0.15, 0.2) is 96.6 Å². The van der Waals surface area contributed by atoms with Crippen LogP contribution in [0, 0.1) is 10.1 Å². The summed E-state index contributed by atoms with van der Waals surface area (Å²) in [4.78, 5) is 37.4. The standard InChI is InChI=1S/C26H22N2O5/c1-2-33-25(30)26(20-11-7-4-8-12-20)17-22(24(29)19-9-5-3-6-10-19)23(27-26)18-13-15-21(16-14-18)28(31)32/h3-17,23,27H,2H2,1H3/t23-,26+/m0/s1. The van der Waals surface area contributed by atoms with Crippen LogP contribution in [0.1, 0.15) is 34.5 Å². The monoisotopic (exact) mass is 442 g/mol. The normalized spacial score (nSPS) is 19.5. The molecule has 166 valence electrons. The predicted octanol–water partition coefficient (Wildman–Crippen LogP) is 4.51. The van der Waals surface area contributed by atoms with Crippen LogP contribution in [0.2, 0.25) is 0 Å². The molecule has 7 heteroatoms. The Balaban J connectivity index is 1.87. The molecule has 2 atom stereocenters. The summed E-state index contributed by atoms with van der Waals surface area (Å²) in [6.07, 6.45) is 1.63. The third kappa shape index (κ3) is 4.18. The minimum Gasteiger partial charge on any atom is -0.464 e. The second-order valence-electron chi connectivity index (χ2n) is 7.62. The van der Waals surface area contributed by atoms with E-state index in [1.807, 2.05) is 24.3 Å². The second-order valence-corrected chi connectivity index (χ2v) is 7.62. The van der Waals surface area contributed by atoms with E-state index in [1.54, 1.807) is 61.5 Å². The third-order valence-corrected chi connectivity index (χ3v) is 5.62. The van der Waals surface area contributed by atoms with Crippen LogP contribution in [0.5, 0.6) is 0 Å². The van der Waals surface area contributed by atoms with Gasteiger partial charge in [0.2, 0.25) is 0 Å². The largest absolute Gasteiger partial charge is 0.464 e. The van der Waals surface area contributed by atoms with E-state index in [2.05, 4.69) is 5.32 Å². The number of carbonyl (C=O) groups excluding carboxylic acids is 2. The lowest BCUT2D eigenvalue weighted by atomic mass is 9.89. The number of hydrogen-bond acceptors (Lipinski definition) is 6. The van der Waals surface area contributed by atoms with Crippen LogP contribution in [0.3, 0.4) is 0 Å². The van der Waals surface area contributed by atoms with Crippen molar-refractivity contribution >= 4 is 17.4 Å². The Morgan fingerprint density at radius 2 is 1.58 bits per heavy atom. The molecule has 0 aromatic heterocycles. The van der Waals surface area contributed by atoms with Gasteiger partial charge in [0.1, 0.15) is 0 Å².